The minimum Gasteiger partial charge on any atom is -0.481 e. The fourth-order valence-electron chi connectivity index (χ4n) is 2.11. The number of carboxylic acids is 1. The minimum atomic E-state index is -0.712. The van der Waals surface area contributed by atoms with Crippen LogP contribution in [-0.4, -0.2) is 71.9 Å². The molecule has 0 aromatic rings. The van der Waals surface area contributed by atoms with Crippen LogP contribution in [0.4, 0.5) is 0 Å². The Morgan fingerprint density at radius 2 is 1.53 bits per heavy atom. The summed E-state index contributed by atoms with van der Waals surface area (Å²) in [6, 6.07) is 0. The van der Waals surface area contributed by atoms with Crippen molar-refractivity contribution < 1.29 is 15.0 Å². The first-order valence-electron chi connectivity index (χ1n) is 6.49. The third kappa shape index (κ3) is 6.61. The molecule has 0 atom stereocenters. The molecule has 1 rings (SSSR count). The number of unbranched alkanes of at least 4 members (excludes halogenated alkanes) is 2. The maximum Gasteiger partial charge on any atom is 0.304 e. The first kappa shape index (κ1) is 14.4. The number of carbonyl (C=O) groups is 1. The number of rotatable bonds is 8. The molecule has 1 fully saturated rings. The van der Waals surface area contributed by atoms with Gasteiger partial charge in [-0.05, 0) is 25.8 Å². The number of hydrogen-bond donors (Lipinski definition) is 2. The smallest absolute Gasteiger partial charge is 0.304 e. The van der Waals surface area contributed by atoms with Crippen LogP contribution in [0.15, 0.2) is 0 Å². The molecule has 5 heteroatoms. The van der Waals surface area contributed by atoms with Gasteiger partial charge >= 0.3 is 5.97 Å². The summed E-state index contributed by atoms with van der Waals surface area (Å²) in [6.07, 6.45) is 3.39. The summed E-state index contributed by atoms with van der Waals surface area (Å²) >= 11 is 0. The number of aliphatic carboxylic acids is 1. The van der Waals surface area contributed by atoms with Crippen molar-refractivity contribution in [2.75, 3.05) is 45.9 Å². The Morgan fingerprint density at radius 1 is 0.941 bits per heavy atom. The van der Waals surface area contributed by atoms with E-state index in [0.717, 1.165) is 52.0 Å². The zero-order chi connectivity index (χ0) is 12.5. The molecule has 17 heavy (non-hydrogen) atoms. The van der Waals surface area contributed by atoms with Gasteiger partial charge in [0.15, 0.2) is 0 Å². The van der Waals surface area contributed by atoms with Crippen LogP contribution in [0.3, 0.4) is 0 Å². The number of piperazine rings is 1. The molecule has 0 unspecified atom stereocenters. The lowest BCUT2D eigenvalue weighted by Gasteiger charge is -2.34. The van der Waals surface area contributed by atoms with E-state index >= 15 is 0 Å². The Hall–Kier alpha value is -0.650. The summed E-state index contributed by atoms with van der Waals surface area (Å²) in [4.78, 5) is 15.1. The number of carboxylic acid groups (broad SMARTS) is 1. The second kappa shape index (κ2) is 8.44. The highest BCUT2D eigenvalue weighted by Gasteiger charge is 2.16. The van der Waals surface area contributed by atoms with Crippen LogP contribution in [0.1, 0.15) is 25.7 Å². The standard InChI is InChI=1S/C12H24N2O3/c15-11-3-1-2-5-13-7-9-14(10-8-13)6-4-12(16)17/h15H,1-11H2,(H,16,17). The molecule has 1 aliphatic rings. The van der Waals surface area contributed by atoms with Crippen molar-refractivity contribution >= 4 is 5.97 Å². The van der Waals surface area contributed by atoms with Crippen molar-refractivity contribution in [2.24, 2.45) is 0 Å². The third-order valence-electron chi connectivity index (χ3n) is 3.24. The molecule has 2 N–H and O–H groups in total. The second-order valence-electron chi connectivity index (χ2n) is 4.61. The molecule has 0 saturated carbocycles. The van der Waals surface area contributed by atoms with Crippen LogP contribution in [0.2, 0.25) is 0 Å². The highest BCUT2D eigenvalue weighted by molar-refractivity contribution is 5.66. The molecule has 0 spiro atoms. The van der Waals surface area contributed by atoms with Gasteiger partial charge in [0.25, 0.3) is 0 Å². The molecule has 0 aliphatic carbocycles. The summed E-state index contributed by atoms with van der Waals surface area (Å²) in [5.41, 5.74) is 0. The predicted octanol–water partition coefficient (Wildman–Crippen LogP) is 0.241. The largest absolute Gasteiger partial charge is 0.481 e. The Labute approximate surface area is 103 Å². The molecule has 0 aromatic carbocycles. The number of aliphatic hydroxyl groups excluding tert-OH is 1. The van der Waals surface area contributed by atoms with E-state index in [1.807, 2.05) is 0 Å². The normalized spacial score (nSPS) is 18.4. The fourth-order valence-corrected chi connectivity index (χ4v) is 2.11. The Morgan fingerprint density at radius 3 is 2.06 bits per heavy atom. The lowest BCUT2D eigenvalue weighted by Crippen LogP contribution is -2.47. The molecular formula is C12H24N2O3. The van der Waals surface area contributed by atoms with Gasteiger partial charge in [0.2, 0.25) is 0 Å². The van der Waals surface area contributed by atoms with Gasteiger partial charge in [-0.3, -0.25) is 4.79 Å². The van der Waals surface area contributed by atoms with Crippen molar-refractivity contribution in [1.29, 1.82) is 0 Å². The zero-order valence-corrected chi connectivity index (χ0v) is 10.5. The summed E-state index contributed by atoms with van der Waals surface area (Å²) in [7, 11) is 0. The van der Waals surface area contributed by atoms with E-state index in [0.29, 0.717) is 13.2 Å². The molecule has 5 nitrogen and oxygen atoms in total. The van der Waals surface area contributed by atoms with Gasteiger partial charge in [-0.1, -0.05) is 0 Å². The van der Waals surface area contributed by atoms with Gasteiger partial charge < -0.3 is 20.0 Å². The fraction of sp³-hybridized carbons (Fsp3) is 0.917. The van der Waals surface area contributed by atoms with E-state index in [9.17, 15) is 4.79 Å². The third-order valence-corrected chi connectivity index (χ3v) is 3.24. The highest BCUT2D eigenvalue weighted by Crippen LogP contribution is 2.05. The SMILES string of the molecule is O=C(O)CCN1CCN(CCCCCO)CC1. The van der Waals surface area contributed by atoms with Crippen LogP contribution in [0, 0.1) is 0 Å². The van der Waals surface area contributed by atoms with Gasteiger partial charge in [-0.2, -0.15) is 0 Å². The predicted molar refractivity (Wildman–Crippen MR) is 66.1 cm³/mol. The van der Waals surface area contributed by atoms with Crippen molar-refractivity contribution in [1.82, 2.24) is 9.80 Å². The molecule has 100 valence electrons. The van der Waals surface area contributed by atoms with E-state index in [-0.39, 0.29) is 6.42 Å². The molecular weight excluding hydrogens is 220 g/mol. The number of nitrogens with zero attached hydrogens (tertiary/aromatic N) is 2. The zero-order valence-electron chi connectivity index (χ0n) is 10.5. The van der Waals surface area contributed by atoms with Gasteiger partial charge in [0.05, 0.1) is 6.42 Å². The van der Waals surface area contributed by atoms with Crippen LogP contribution in [0.25, 0.3) is 0 Å². The molecule has 0 amide bonds. The summed E-state index contributed by atoms with van der Waals surface area (Å²) in [5, 5.41) is 17.3. The molecule has 1 saturated heterocycles. The Kier molecular flexibility index (Phi) is 7.16. The molecule has 0 bridgehead atoms. The Balaban J connectivity index is 2.03. The summed E-state index contributed by atoms with van der Waals surface area (Å²) in [6.45, 7) is 6.11. The van der Waals surface area contributed by atoms with Crippen LogP contribution in [0.5, 0.6) is 0 Å². The number of hydrogen-bond acceptors (Lipinski definition) is 4. The van der Waals surface area contributed by atoms with E-state index in [2.05, 4.69) is 9.80 Å². The lowest BCUT2D eigenvalue weighted by molar-refractivity contribution is -0.137. The number of aliphatic hydroxyl groups is 1. The van der Waals surface area contributed by atoms with E-state index in [4.69, 9.17) is 10.2 Å². The topological polar surface area (TPSA) is 64.0 Å². The van der Waals surface area contributed by atoms with Gasteiger partial charge in [0, 0.05) is 39.3 Å². The Bertz CT molecular complexity index is 216. The summed E-state index contributed by atoms with van der Waals surface area (Å²) in [5.74, 6) is -0.712. The van der Waals surface area contributed by atoms with Crippen LogP contribution >= 0.6 is 0 Å². The average molecular weight is 244 g/mol. The van der Waals surface area contributed by atoms with Crippen molar-refractivity contribution in [3.63, 3.8) is 0 Å². The quantitative estimate of drug-likeness (QED) is 0.599. The minimum absolute atomic E-state index is 0.247. The molecule has 0 aromatic heterocycles. The van der Waals surface area contributed by atoms with Crippen LogP contribution in [-0.2, 0) is 4.79 Å². The van der Waals surface area contributed by atoms with Crippen molar-refractivity contribution in [3.05, 3.63) is 0 Å². The van der Waals surface area contributed by atoms with Crippen LogP contribution < -0.4 is 0 Å². The maximum absolute atomic E-state index is 10.5. The van der Waals surface area contributed by atoms with Gasteiger partial charge in [-0.25, -0.2) is 0 Å². The first-order chi connectivity index (χ1) is 8.22. The van der Waals surface area contributed by atoms with E-state index in [1.54, 1.807) is 0 Å². The van der Waals surface area contributed by atoms with Gasteiger partial charge in [-0.15, -0.1) is 0 Å². The van der Waals surface area contributed by atoms with E-state index in [1.165, 1.54) is 0 Å². The average Bonchev–Trinajstić information content (AvgIpc) is 2.33. The molecule has 1 heterocycles. The van der Waals surface area contributed by atoms with E-state index < -0.39 is 5.97 Å². The molecule has 0 radical (unpaired) electrons. The summed E-state index contributed by atoms with van der Waals surface area (Å²) < 4.78 is 0. The second-order valence-corrected chi connectivity index (χ2v) is 4.61. The maximum atomic E-state index is 10.5. The monoisotopic (exact) mass is 244 g/mol. The van der Waals surface area contributed by atoms with Crippen molar-refractivity contribution in [2.45, 2.75) is 25.7 Å². The molecule has 1 aliphatic heterocycles. The van der Waals surface area contributed by atoms with Gasteiger partial charge in [0.1, 0.15) is 0 Å². The van der Waals surface area contributed by atoms with Crippen molar-refractivity contribution in [3.8, 4) is 0 Å². The lowest BCUT2D eigenvalue weighted by atomic mass is 10.2. The first-order valence-corrected chi connectivity index (χ1v) is 6.49. The highest BCUT2D eigenvalue weighted by atomic mass is 16.4.